The van der Waals surface area contributed by atoms with Crippen LogP contribution in [0.3, 0.4) is 0 Å². The molecule has 2 aromatic rings. The van der Waals surface area contributed by atoms with Crippen LogP contribution in [0.2, 0.25) is 0 Å². The van der Waals surface area contributed by atoms with Crippen LogP contribution >= 0.6 is 11.3 Å². The van der Waals surface area contributed by atoms with Gasteiger partial charge in [0, 0.05) is 23.5 Å². The summed E-state index contributed by atoms with van der Waals surface area (Å²) in [6.07, 6.45) is 2.16. The van der Waals surface area contributed by atoms with Gasteiger partial charge in [-0.2, -0.15) is 0 Å². The van der Waals surface area contributed by atoms with Crippen LogP contribution < -0.4 is 5.73 Å². The predicted molar refractivity (Wildman–Crippen MR) is 82.7 cm³/mol. The number of unbranched alkanes of at least 4 members (excludes halogenated alkanes) is 1. The minimum absolute atomic E-state index is 0.135. The first kappa shape index (κ1) is 13.9. The third-order valence-electron chi connectivity index (χ3n) is 3.20. The van der Waals surface area contributed by atoms with Gasteiger partial charge in [0.1, 0.15) is 0 Å². The lowest BCUT2D eigenvalue weighted by molar-refractivity contribution is 0.0767. The van der Waals surface area contributed by atoms with Crippen molar-refractivity contribution in [2.45, 2.75) is 26.7 Å². The number of thiophene rings is 1. The molecule has 1 amide bonds. The van der Waals surface area contributed by atoms with E-state index in [4.69, 9.17) is 5.73 Å². The minimum Gasteiger partial charge on any atom is -0.399 e. The summed E-state index contributed by atoms with van der Waals surface area (Å²) in [6, 6.07) is 7.73. The molecule has 0 unspecified atom stereocenters. The van der Waals surface area contributed by atoms with E-state index in [0.717, 1.165) is 46.6 Å². The second kappa shape index (κ2) is 6.06. The molecule has 0 spiro atoms. The molecule has 0 saturated heterocycles. The van der Waals surface area contributed by atoms with Gasteiger partial charge in [-0.15, -0.1) is 11.3 Å². The van der Waals surface area contributed by atoms with E-state index < -0.39 is 0 Å². The molecule has 0 fully saturated rings. The summed E-state index contributed by atoms with van der Waals surface area (Å²) >= 11 is 1.54. The topological polar surface area (TPSA) is 46.3 Å². The Labute approximate surface area is 118 Å². The van der Waals surface area contributed by atoms with Crippen LogP contribution in [0.15, 0.2) is 24.3 Å². The Morgan fingerprint density at radius 2 is 2.11 bits per heavy atom. The molecule has 0 bridgehead atoms. The third-order valence-corrected chi connectivity index (χ3v) is 4.31. The maximum absolute atomic E-state index is 12.4. The maximum atomic E-state index is 12.4. The smallest absolute Gasteiger partial charge is 0.263 e. The number of hydrogen-bond acceptors (Lipinski definition) is 3. The summed E-state index contributed by atoms with van der Waals surface area (Å²) in [5.74, 6) is 0.135. The monoisotopic (exact) mass is 276 g/mol. The highest BCUT2D eigenvalue weighted by Gasteiger charge is 2.16. The number of nitrogens with zero attached hydrogens (tertiary/aromatic N) is 1. The van der Waals surface area contributed by atoms with Crippen molar-refractivity contribution in [3.8, 4) is 0 Å². The lowest BCUT2D eigenvalue weighted by Crippen LogP contribution is -2.31. The largest absolute Gasteiger partial charge is 0.399 e. The molecule has 0 radical (unpaired) electrons. The van der Waals surface area contributed by atoms with Crippen LogP contribution in [-0.4, -0.2) is 23.9 Å². The SMILES string of the molecule is CCCCN(CC)C(=O)c1cc2cc(N)ccc2s1. The van der Waals surface area contributed by atoms with Crippen molar-refractivity contribution in [2.75, 3.05) is 18.8 Å². The molecule has 1 heterocycles. The second-order valence-corrected chi connectivity index (χ2v) is 5.73. The van der Waals surface area contributed by atoms with Gasteiger partial charge in [0.25, 0.3) is 5.91 Å². The molecule has 1 aromatic heterocycles. The Morgan fingerprint density at radius 3 is 2.79 bits per heavy atom. The fourth-order valence-electron chi connectivity index (χ4n) is 2.08. The Balaban J connectivity index is 2.24. The molecule has 1 aromatic carbocycles. The van der Waals surface area contributed by atoms with Gasteiger partial charge in [-0.1, -0.05) is 13.3 Å². The highest BCUT2D eigenvalue weighted by Crippen LogP contribution is 2.28. The molecule has 102 valence electrons. The summed E-state index contributed by atoms with van der Waals surface area (Å²) in [5.41, 5.74) is 6.51. The van der Waals surface area contributed by atoms with E-state index in [-0.39, 0.29) is 5.91 Å². The van der Waals surface area contributed by atoms with Crippen LogP contribution in [0.5, 0.6) is 0 Å². The van der Waals surface area contributed by atoms with Crippen molar-refractivity contribution < 1.29 is 4.79 Å². The Morgan fingerprint density at radius 1 is 1.32 bits per heavy atom. The number of hydrogen-bond donors (Lipinski definition) is 1. The van der Waals surface area contributed by atoms with E-state index in [2.05, 4.69) is 6.92 Å². The van der Waals surface area contributed by atoms with Crippen molar-refractivity contribution in [2.24, 2.45) is 0 Å². The first-order chi connectivity index (χ1) is 9.15. The van der Waals surface area contributed by atoms with Crippen LogP contribution in [0.1, 0.15) is 36.4 Å². The molecule has 3 nitrogen and oxygen atoms in total. The normalized spacial score (nSPS) is 10.8. The number of anilines is 1. The molecular formula is C15H20N2OS. The van der Waals surface area contributed by atoms with Gasteiger partial charge in [-0.25, -0.2) is 0 Å². The number of rotatable bonds is 5. The number of carbonyl (C=O) groups excluding carboxylic acids is 1. The number of nitrogen functional groups attached to an aromatic ring is 1. The van der Waals surface area contributed by atoms with Crippen LogP contribution in [0.4, 0.5) is 5.69 Å². The average Bonchev–Trinajstić information content (AvgIpc) is 2.82. The highest BCUT2D eigenvalue weighted by molar-refractivity contribution is 7.20. The zero-order valence-corrected chi connectivity index (χ0v) is 12.3. The molecule has 0 atom stereocenters. The summed E-state index contributed by atoms with van der Waals surface area (Å²) in [5, 5.41) is 1.06. The van der Waals surface area contributed by atoms with Gasteiger partial charge in [-0.05, 0) is 43.0 Å². The minimum atomic E-state index is 0.135. The molecule has 4 heteroatoms. The standard InChI is InChI=1S/C15H20N2OS/c1-3-5-8-17(4-2)15(18)14-10-11-9-12(16)6-7-13(11)19-14/h6-7,9-10H,3-5,8,16H2,1-2H3. The van der Waals surface area contributed by atoms with Crippen LogP contribution in [0, 0.1) is 0 Å². The number of benzene rings is 1. The Kier molecular flexibility index (Phi) is 4.43. The van der Waals surface area contributed by atoms with E-state index in [1.807, 2.05) is 36.1 Å². The molecule has 2 rings (SSSR count). The molecule has 0 saturated carbocycles. The summed E-state index contributed by atoms with van der Waals surface area (Å²) in [7, 11) is 0. The number of amides is 1. The number of carbonyl (C=O) groups is 1. The first-order valence-electron chi connectivity index (χ1n) is 6.74. The van der Waals surface area contributed by atoms with Gasteiger partial charge in [0.15, 0.2) is 0 Å². The van der Waals surface area contributed by atoms with Crippen molar-refractivity contribution in [1.29, 1.82) is 0 Å². The van der Waals surface area contributed by atoms with E-state index in [1.165, 1.54) is 0 Å². The van der Waals surface area contributed by atoms with Crippen LogP contribution in [0.25, 0.3) is 10.1 Å². The van der Waals surface area contributed by atoms with Gasteiger partial charge < -0.3 is 10.6 Å². The molecule has 0 aliphatic carbocycles. The zero-order chi connectivity index (χ0) is 13.8. The molecule has 0 aliphatic heterocycles. The molecule has 19 heavy (non-hydrogen) atoms. The van der Waals surface area contributed by atoms with Gasteiger partial charge in [-0.3, -0.25) is 4.79 Å². The van der Waals surface area contributed by atoms with Crippen molar-refractivity contribution in [3.63, 3.8) is 0 Å². The van der Waals surface area contributed by atoms with E-state index >= 15 is 0 Å². The summed E-state index contributed by atoms with van der Waals surface area (Å²) in [4.78, 5) is 15.2. The molecular weight excluding hydrogens is 256 g/mol. The number of fused-ring (bicyclic) bond motifs is 1. The Hall–Kier alpha value is -1.55. The second-order valence-electron chi connectivity index (χ2n) is 4.65. The molecule has 2 N–H and O–H groups in total. The van der Waals surface area contributed by atoms with Crippen LogP contribution in [-0.2, 0) is 0 Å². The van der Waals surface area contributed by atoms with Crippen molar-refractivity contribution >= 4 is 33.0 Å². The van der Waals surface area contributed by atoms with Crippen molar-refractivity contribution in [1.82, 2.24) is 4.90 Å². The first-order valence-corrected chi connectivity index (χ1v) is 7.55. The van der Waals surface area contributed by atoms with E-state index in [0.29, 0.717) is 0 Å². The van der Waals surface area contributed by atoms with Gasteiger partial charge in [0.2, 0.25) is 0 Å². The fraction of sp³-hybridized carbons (Fsp3) is 0.400. The quantitative estimate of drug-likeness (QED) is 0.845. The third kappa shape index (κ3) is 3.07. The van der Waals surface area contributed by atoms with Gasteiger partial charge >= 0.3 is 0 Å². The maximum Gasteiger partial charge on any atom is 0.263 e. The fourth-order valence-corrected chi connectivity index (χ4v) is 3.09. The lowest BCUT2D eigenvalue weighted by atomic mass is 10.2. The van der Waals surface area contributed by atoms with E-state index in [9.17, 15) is 4.79 Å². The molecule has 0 aliphatic rings. The predicted octanol–water partition coefficient (Wildman–Crippen LogP) is 3.75. The summed E-state index contributed by atoms with van der Waals surface area (Å²) in [6.45, 7) is 5.76. The zero-order valence-electron chi connectivity index (χ0n) is 11.5. The number of nitrogens with two attached hydrogens (primary N) is 1. The van der Waals surface area contributed by atoms with Crippen molar-refractivity contribution in [3.05, 3.63) is 29.1 Å². The summed E-state index contributed by atoms with van der Waals surface area (Å²) < 4.78 is 1.11. The Bertz CT molecular complexity index is 577. The van der Waals surface area contributed by atoms with E-state index in [1.54, 1.807) is 11.3 Å². The average molecular weight is 276 g/mol. The highest BCUT2D eigenvalue weighted by atomic mass is 32.1. The lowest BCUT2D eigenvalue weighted by Gasteiger charge is -2.19. The van der Waals surface area contributed by atoms with Gasteiger partial charge in [0.05, 0.1) is 4.88 Å².